The number of fused-ring (bicyclic) bond motifs is 2. The molecule has 0 atom stereocenters. The van der Waals surface area contributed by atoms with E-state index in [1.807, 2.05) is 50.4 Å². The van der Waals surface area contributed by atoms with E-state index in [2.05, 4.69) is 35.5 Å². The van der Waals surface area contributed by atoms with Crippen LogP contribution in [-0.4, -0.2) is 41.8 Å². The van der Waals surface area contributed by atoms with Crippen molar-refractivity contribution in [2.24, 2.45) is 5.92 Å². The number of carbonyl (C=O) groups is 2. The molecule has 0 aliphatic carbocycles. The summed E-state index contributed by atoms with van der Waals surface area (Å²) in [6, 6.07) is 9.76. The minimum Gasteiger partial charge on any atom is -0.352 e. The van der Waals surface area contributed by atoms with Gasteiger partial charge in [-0.1, -0.05) is 13.8 Å². The summed E-state index contributed by atoms with van der Waals surface area (Å²) >= 11 is 1.46. The van der Waals surface area contributed by atoms with E-state index in [0.29, 0.717) is 22.6 Å². The van der Waals surface area contributed by atoms with Gasteiger partial charge < -0.3 is 10.3 Å². The third-order valence-electron chi connectivity index (χ3n) is 6.38. The Morgan fingerprint density at radius 2 is 1.79 bits per heavy atom. The fraction of sp³-hybridized carbons (Fsp3) is 0.172. The Balaban J connectivity index is 1.37. The number of aromatic amines is 2. The van der Waals surface area contributed by atoms with Crippen LogP contribution in [0.5, 0.6) is 0 Å². The van der Waals surface area contributed by atoms with Crippen LogP contribution in [0.2, 0.25) is 0 Å². The van der Waals surface area contributed by atoms with Crippen molar-refractivity contribution < 1.29 is 9.59 Å². The molecule has 0 unspecified atom stereocenters. The molecule has 0 saturated carbocycles. The molecule has 0 aliphatic rings. The number of anilines is 1. The highest BCUT2D eigenvalue weighted by molar-refractivity contribution is 7.17. The van der Waals surface area contributed by atoms with E-state index in [0.717, 1.165) is 49.2 Å². The smallest absolute Gasteiger partial charge is 0.224 e. The van der Waals surface area contributed by atoms with Crippen LogP contribution in [0.25, 0.3) is 54.9 Å². The number of H-pyrrole nitrogens is 2. The molecule has 9 nitrogen and oxygen atoms in total. The maximum atomic E-state index is 12.2. The number of nitrogens with zero attached hydrogens (tertiary/aromatic N) is 4. The second-order valence-electron chi connectivity index (χ2n) is 9.85. The number of rotatable bonds is 7. The highest BCUT2D eigenvalue weighted by Crippen LogP contribution is 2.37. The van der Waals surface area contributed by atoms with Crippen LogP contribution in [0.15, 0.2) is 61.3 Å². The molecule has 3 N–H and O–H groups in total. The Bertz CT molecular complexity index is 1860. The molecular weight excluding hydrogens is 510 g/mol. The number of aromatic nitrogens is 6. The summed E-state index contributed by atoms with van der Waals surface area (Å²) in [5, 5.41) is 12.3. The van der Waals surface area contributed by atoms with E-state index in [9.17, 15) is 9.59 Å². The van der Waals surface area contributed by atoms with E-state index < -0.39 is 0 Å². The lowest BCUT2D eigenvalue weighted by Gasteiger charge is -2.08. The van der Waals surface area contributed by atoms with Gasteiger partial charge in [0.05, 0.1) is 34.2 Å². The minimum absolute atomic E-state index is 0.0395. The predicted octanol–water partition coefficient (Wildman–Crippen LogP) is 6.48. The summed E-state index contributed by atoms with van der Waals surface area (Å²) in [7, 11) is 0. The van der Waals surface area contributed by atoms with E-state index >= 15 is 0 Å². The van der Waals surface area contributed by atoms with Gasteiger partial charge in [0.1, 0.15) is 5.69 Å². The summed E-state index contributed by atoms with van der Waals surface area (Å²) in [4.78, 5) is 42.5. The number of hydrogen-bond donors (Lipinski definition) is 3. The topological polar surface area (TPSA) is 129 Å². The number of nitrogens with one attached hydrogen (secondary N) is 3. The van der Waals surface area contributed by atoms with Gasteiger partial charge in [-0.25, -0.2) is 4.98 Å². The zero-order valence-corrected chi connectivity index (χ0v) is 22.4. The molecular formula is C29H25N7O2S. The molecule has 1 amide bonds. The lowest BCUT2D eigenvalue weighted by molar-refractivity contribution is -0.116. The molecule has 6 heterocycles. The van der Waals surface area contributed by atoms with Crippen molar-refractivity contribution in [2.45, 2.75) is 27.2 Å². The van der Waals surface area contributed by atoms with Gasteiger partial charge in [-0.3, -0.25) is 24.7 Å². The molecule has 194 valence electrons. The predicted molar refractivity (Wildman–Crippen MR) is 154 cm³/mol. The first-order valence-corrected chi connectivity index (χ1v) is 13.3. The van der Waals surface area contributed by atoms with Crippen LogP contribution in [-0.2, 0) is 4.79 Å². The van der Waals surface area contributed by atoms with E-state index in [-0.39, 0.29) is 17.6 Å². The van der Waals surface area contributed by atoms with E-state index in [1.54, 1.807) is 31.7 Å². The fourth-order valence-corrected chi connectivity index (χ4v) is 5.49. The molecule has 6 aromatic rings. The van der Waals surface area contributed by atoms with Gasteiger partial charge in [0, 0.05) is 57.4 Å². The quantitative estimate of drug-likeness (QED) is 0.201. The van der Waals surface area contributed by atoms with E-state index in [4.69, 9.17) is 0 Å². The Morgan fingerprint density at radius 3 is 2.59 bits per heavy atom. The van der Waals surface area contributed by atoms with E-state index in [1.165, 1.54) is 11.3 Å². The Labute approximate surface area is 227 Å². The number of carbonyl (C=O) groups excluding carboxylic acids is 2. The average molecular weight is 536 g/mol. The lowest BCUT2D eigenvalue weighted by atomic mass is 10.1. The molecule has 0 saturated heterocycles. The zero-order valence-electron chi connectivity index (χ0n) is 21.6. The SMILES string of the molecule is CC(=O)c1ccc(-c2cncc3[nH]c(-c4n[nH]c5ncc(-c6cncc(NC(=O)CC(C)C)c6)cc45)cc23)s1. The molecule has 10 heteroatoms. The standard InChI is InChI=1S/C29H25N7O2S/c1-15(2)6-27(38)33-19-7-17(10-30-12-19)18-8-21-28(35-36-29(21)32-11-18)23-9-20-22(13-31-14-24(20)34-23)26-5-4-25(39-26)16(3)37/h4-5,7-15,34H,6H2,1-3H3,(H,33,38)(H,32,35,36). The summed E-state index contributed by atoms with van der Waals surface area (Å²) in [6.45, 7) is 5.59. The van der Waals surface area contributed by atoms with Crippen molar-refractivity contribution in [2.75, 3.05) is 5.32 Å². The summed E-state index contributed by atoms with van der Waals surface area (Å²) in [5.74, 6) is 0.278. The fourth-order valence-electron chi connectivity index (χ4n) is 4.56. The molecule has 0 bridgehead atoms. The average Bonchev–Trinajstić information content (AvgIpc) is 3.65. The summed E-state index contributed by atoms with van der Waals surface area (Å²) in [5.41, 5.74) is 6.36. The van der Waals surface area contributed by atoms with Crippen molar-refractivity contribution >= 4 is 50.7 Å². The first-order chi connectivity index (χ1) is 18.9. The highest BCUT2D eigenvalue weighted by atomic mass is 32.1. The second kappa shape index (κ2) is 9.88. The van der Waals surface area contributed by atoms with Crippen molar-refractivity contribution in [3.8, 4) is 33.0 Å². The van der Waals surface area contributed by atoms with Gasteiger partial charge in [0.2, 0.25) is 5.91 Å². The number of ketones is 1. The minimum atomic E-state index is -0.0395. The Morgan fingerprint density at radius 1 is 0.974 bits per heavy atom. The van der Waals surface area contributed by atoms with Gasteiger partial charge in [-0.2, -0.15) is 5.10 Å². The molecule has 6 rings (SSSR count). The molecule has 0 radical (unpaired) electrons. The van der Waals surface area contributed by atoms with Gasteiger partial charge in [0.15, 0.2) is 11.4 Å². The van der Waals surface area contributed by atoms with Crippen LogP contribution in [0.1, 0.15) is 36.9 Å². The van der Waals surface area contributed by atoms with Gasteiger partial charge in [0.25, 0.3) is 0 Å². The largest absolute Gasteiger partial charge is 0.352 e. The van der Waals surface area contributed by atoms with Gasteiger partial charge in [-0.05, 0) is 43.2 Å². The maximum absolute atomic E-state index is 12.2. The first kappa shape index (κ1) is 24.6. The van der Waals surface area contributed by atoms with Gasteiger partial charge >= 0.3 is 0 Å². The maximum Gasteiger partial charge on any atom is 0.224 e. The highest BCUT2D eigenvalue weighted by Gasteiger charge is 2.17. The Hall–Kier alpha value is -4.70. The van der Waals surface area contributed by atoms with Crippen LogP contribution in [0.4, 0.5) is 5.69 Å². The summed E-state index contributed by atoms with van der Waals surface area (Å²) in [6.07, 6.45) is 9.20. The van der Waals surface area contributed by atoms with Crippen molar-refractivity contribution in [1.82, 2.24) is 30.1 Å². The van der Waals surface area contributed by atoms with Gasteiger partial charge in [-0.15, -0.1) is 11.3 Å². The van der Waals surface area contributed by atoms with Crippen LogP contribution >= 0.6 is 11.3 Å². The van der Waals surface area contributed by atoms with Crippen molar-refractivity contribution in [3.63, 3.8) is 0 Å². The monoisotopic (exact) mass is 535 g/mol. The van der Waals surface area contributed by atoms with Crippen LogP contribution < -0.4 is 5.32 Å². The summed E-state index contributed by atoms with van der Waals surface area (Å²) < 4.78 is 0. The number of amides is 1. The Kier molecular flexibility index (Phi) is 6.24. The number of pyridine rings is 3. The first-order valence-electron chi connectivity index (χ1n) is 12.5. The number of thiophene rings is 1. The second-order valence-corrected chi connectivity index (χ2v) is 10.9. The number of hydrogen-bond acceptors (Lipinski definition) is 7. The molecule has 0 aromatic carbocycles. The van der Waals surface area contributed by atoms with Crippen molar-refractivity contribution in [1.29, 1.82) is 0 Å². The third kappa shape index (κ3) is 4.82. The zero-order chi connectivity index (χ0) is 27.1. The molecule has 0 aliphatic heterocycles. The molecule has 0 fully saturated rings. The normalized spacial score (nSPS) is 11.5. The lowest BCUT2D eigenvalue weighted by Crippen LogP contribution is -2.13. The third-order valence-corrected chi connectivity index (χ3v) is 7.60. The molecule has 39 heavy (non-hydrogen) atoms. The van der Waals surface area contributed by atoms with Crippen LogP contribution in [0, 0.1) is 5.92 Å². The molecule has 0 spiro atoms. The number of Topliss-reactive ketones (excluding diaryl/α,β-unsaturated/α-hetero) is 1. The van der Waals surface area contributed by atoms with Crippen molar-refractivity contribution in [3.05, 3.63) is 66.2 Å². The molecule has 6 aromatic heterocycles. The van der Waals surface area contributed by atoms with Crippen LogP contribution in [0.3, 0.4) is 0 Å².